The number of pyridine rings is 1. The van der Waals surface area contributed by atoms with Crippen LogP contribution in [0.1, 0.15) is 12.6 Å². The Morgan fingerprint density at radius 2 is 2.31 bits per heavy atom. The van der Waals surface area contributed by atoms with Gasteiger partial charge in [-0.05, 0) is 19.1 Å². The molecule has 0 aliphatic carbocycles. The number of hydrogen-bond acceptors (Lipinski definition) is 3. The summed E-state index contributed by atoms with van der Waals surface area (Å²) < 4.78 is 0. The molecule has 0 aromatic carbocycles. The number of nitrogens with zero attached hydrogens (tertiary/aromatic N) is 1. The maximum atomic E-state index is 10.7. The second-order valence-corrected chi connectivity index (χ2v) is 3.24. The predicted molar refractivity (Wildman–Crippen MR) is 48.4 cm³/mol. The van der Waals surface area contributed by atoms with Crippen LogP contribution < -0.4 is 5.73 Å². The van der Waals surface area contributed by atoms with Crippen molar-refractivity contribution in [3.8, 4) is 0 Å². The van der Waals surface area contributed by atoms with Crippen molar-refractivity contribution in [3.05, 3.63) is 29.0 Å². The van der Waals surface area contributed by atoms with E-state index in [2.05, 4.69) is 4.98 Å². The Morgan fingerprint density at radius 1 is 1.69 bits per heavy atom. The van der Waals surface area contributed by atoms with Crippen molar-refractivity contribution in [1.82, 2.24) is 4.98 Å². The molecule has 0 fully saturated rings. The number of aliphatic carboxylic acids is 1. The highest BCUT2D eigenvalue weighted by molar-refractivity contribution is 6.29. The van der Waals surface area contributed by atoms with Gasteiger partial charge in [0, 0.05) is 0 Å². The fourth-order valence-electron chi connectivity index (χ4n) is 0.807. The first kappa shape index (κ1) is 9.95. The number of halogens is 1. The van der Waals surface area contributed by atoms with Crippen molar-refractivity contribution in [1.29, 1.82) is 0 Å². The highest BCUT2D eigenvalue weighted by atomic mass is 35.5. The van der Waals surface area contributed by atoms with Crippen LogP contribution in [0.5, 0.6) is 0 Å². The van der Waals surface area contributed by atoms with Crippen molar-refractivity contribution >= 4 is 17.6 Å². The molecule has 0 aliphatic rings. The molecule has 0 spiro atoms. The zero-order valence-electron chi connectivity index (χ0n) is 6.99. The number of carboxylic acid groups (broad SMARTS) is 1. The van der Waals surface area contributed by atoms with Gasteiger partial charge in [0.15, 0.2) is 5.54 Å². The van der Waals surface area contributed by atoms with E-state index in [-0.39, 0.29) is 10.8 Å². The fraction of sp³-hybridized carbons (Fsp3) is 0.250. The largest absolute Gasteiger partial charge is 0.480 e. The van der Waals surface area contributed by atoms with Crippen LogP contribution >= 0.6 is 11.6 Å². The average Bonchev–Trinajstić information content (AvgIpc) is 2.04. The molecule has 0 radical (unpaired) electrons. The summed E-state index contributed by atoms with van der Waals surface area (Å²) in [5.41, 5.74) is 4.28. The van der Waals surface area contributed by atoms with Crippen LogP contribution in [0.15, 0.2) is 18.2 Å². The van der Waals surface area contributed by atoms with E-state index in [9.17, 15) is 4.79 Å². The molecule has 0 aliphatic heterocycles. The summed E-state index contributed by atoms with van der Waals surface area (Å²) in [5.74, 6) is -1.14. The van der Waals surface area contributed by atoms with Gasteiger partial charge in [-0.1, -0.05) is 17.7 Å². The zero-order valence-corrected chi connectivity index (χ0v) is 7.75. The van der Waals surface area contributed by atoms with Crippen LogP contribution in [0.2, 0.25) is 5.15 Å². The zero-order chi connectivity index (χ0) is 10.1. The quantitative estimate of drug-likeness (QED) is 0.699. The predicted octanol–water partition coefficient (Wildman–Crippen LogP) is 0.994. The average molecular weight is 201 g/mol. The molecule has 0 amide bonds. The maximum absolute atomic E-state index is 10.7. The highest BCUT2D eigenvalue weighted by Gasteiger charge is 2.31. The lowest BCUT2D eigenvalue weighted by molar-refractivity contribution is -0.143. The van der Waals surface area contributed by atoms with E-state index in [4.69, 9.17) is 22.4 Å². The first-order valence-corrected chi connectivity index (χ1v) is 3.97. The summed E-state index contributed by atoms with van der Waals surface area (Å²) >= 11 is 5.60. The van der Waals surface area contributed by atoms with Gasteiger partial charge >= 0.3 is 5.97 Å². The first-order valence-electron chi connectivity index (χ1n) is 3.60. The van der Waals surface area contributed by atoms with Crippen LogP contribution in [0.4, 0.5) is 0 Å². The van der Waals surface area contributed by atoms with Crippen molar-refractivity contribution in [2.75, 3.05) is 0 Å². The molecule has 1 atom stereocenters. The maximum Gasteiger partial charge on any atom is 0.329 e. The van der Waals surface area contributed by atoms with Gasteiger partial charge in [-0.3, -0.25) is 0 Å². The van der Waals surface area contributed by atoms with Gasteiger partial charge in [0.25, 0.3) is 0 Å². The highest BCUT2D eigenvalue weighted by Crippen LogP contribution is 2.17. The Morgan fingerprint density at radius 3 is 2.77 bits per heavy atom. The second kappa shape index (κ2) is 3.32. The SMILES string of the molecule is C[C@](N)(C(=O)O)c1cccc(Cl)n1. The summed E-state index contributed by atoms with van der Waals surface area (Å²) in [6.07, 6.45) is 0. The van der Waals surface area contributed by atoms with Gasteiger partial charge in [0.2, 0.25) is 0 Å². The van der Waals surface area contributed by atoms with Gasteiger partial charge in [-0.15, -0.1) is 0 Å². The van der Waals surface area contributed by atoms with Crippen LogP contribution in [0, 0.1) is 0 Å². The Kier molecular flexibility index (Phi) is 2.54. The summed E-state index contributed by atoms with van der Waals surface area (Å²) in [6.45, 7) is 1.37. The Hall–Kier alpha value is -1.13. The lowest BCUT2D eigenvalue weighted by Crippen LogP contribution is -2.42. The molecule has 1 aromatic rings. The number of aromatic nitrogens is 1. The molecule has 1 rings (SSSR count). The van der Waals surface area contributed by atoms with E-state index in [0.29, 0.717) is 0 Å². The lowest BCUT2D eigenvalue weighted by Gasteiger charge is -2.18. The number of nitrogens with two attached hydrogens (primary N) is 1. The number of carboxylic acids is 1. The standard InChI is InChI=1S/C8H9ClN2O2/c1-8(10,7(12)13)5-3-2-4-6(9)11-5/h2-4H,10H2,1H3,(H,12,13)/t8-/m1/s1. The molecule has 3 N–H and O–H groups in total. The Bertz CT molecular complexity index is 339. The molecule has 0 bridgehead atoms. The smallest absolute Gasteiger partial charge is 0.329 e. The van der Waals surface area contributed by atoms with Crippen molar-refractivity contribution in [3.63, 3.8) is 0 Å². The molecule has 0 saturated carbocycles. The van der Waals surface area contributed by atoms with Crippen LogP contribution in [-0.4, -0.2) is 16.1 Å². The summed E-state index contributed by atoms with van der Waals surface area (Å²) in [6, 6.07) is 4.70. The fourth-order valence-corrected chi connectivity index (χ4v) is 0.971. The summed E-state index contributed by atoms with van der Waals surface area (Å²) in [5, 5.41) is 9.01. The molecule has 13 heavy (non-hydrogen) atoms. The minimum atomic E-state index is -1.50. The van der Waals surface area contributed by atoms with E-state index < -0.39 is 11.5 Å². The summed E-state index contributed by atoms with van der Waals surface area (Å²) in [7, 11) is 0. The van der Waals surface area contributed by atoms with Crippen molar-refractivity contribution in [2.24, 2.45) is 5.73 Å². The number of hydrogen-bond donors (Lipinski definition) is 2. The van der Waals surface area contributed by atoms with Gasteiger partial charge in [0.1, 0.15) is 5.15 Å². The van der Waals surface area contributed by atoms with E-state index >= 15 is 0 Å². The van der Waals surface area contributed by atoms with Gasteiger partial charge < -0.3 is 10.8 Å². The molecule has 0 saturated heterocycles. The second-order valence-electron chi connectivity index (χ2n) is 2.85. The van der Waals surface area contributed by atoms with E-state index in [1.165, 1.54) is 13.0 Å². The third kappa shape index (κ3) is 1.96. The van der Waals surface area contributed by atoms with Crippen LogP contribution in [0.25, 0.3) is 0 Å². The first-order chi connectivity index (χ1) is 5.94. The molecule has 1 heterocycles. The van der Waals surface area contributed by atoms with Crippen molar-refractivity contribution in [2.45, 2.75) is 12.5 Å². The van der Waals surface area contributed by atoms with Crippen LogP contribution in [-0.2, 0) is 10.3 Å². The van der Waals surface area contributed by atoms with Crippen molar-refractivity contribution < 1.29 is 9.90 Å². The third-order valence-corrected chi connectivity index (χ3v) is 1.90. The van der Waals surface area contributed by atoms with Gasteiger partial charge in [-0.25, -0.2) is 9.78 Å². The van der Waals surface area contributed by atoms with Gasteiger partial charge in [0.05, 0.1) is 5.69 Å². The number of carbonyl (C=O) groups is 1. The summed E-state index contributed by atoms with van der Waals surface area (Å²) in [4.78, 5) is 14.6. The molecule has 5 heteroatoms. The van der Waals surface area contributed by atoms with E-state index in [1.807, 2.05) is 0 Å². The third-order valence-electron chi connectivity index (χ3n) is 1.69. The monoisotopic (exact) mass is 200 g/mol. The topological polar surface area (TPSA) is 76.2 Å². The van der Waals surface area contributed by atoms with E-state index in [0.717, 1.165) is 0 Å². The van der Waals surface area contributed by atoms with E-state index in [1.54, 1.807) is 12.1 Å². The molecule has 70 valence electrons. The Balaban J connectivity index is 3.14. The molecular formula is C8H9ClN2O2. The lowest BCUT2D eigenvalue weighted by atomic mass is 9.99. The minimum absolute atomic E-state index is 0.232. The number of rotatable bonds is 2. The molecule has 4 nitrogen and oxygen atoms in total. The minimum Gasteiger partial charge on any atom is -0.480 e. The Labute approximate surface area is 80.3 Å². The molecule has 1 aromatic heterocycles. The van der Waals surface area contributed by atoms with Gasteiger partial charge in [-0.2, -0.15) is 0 Å². The molecule has 0 unspecified atom stereocenters. The normalized spacial score (nSPS) is 15.0. The van der Waals surface area contributed by atoms with Crippen LogP contribution in [0.3, 0.4) is 0 Å². The molecular weight excluding hydrogens is 192 g/mol.